The summed E-state index contributed by atoms with van der Waals surface area (Å²) in [6.07, 6.45) is 1.04. The lowest BCUT2D eigenvalue weighted by molar-refractivity contribution is -0.121. The average molecular weight is 374 g/mol. The van der Waals surface area contributed by atoms with Crippen molar-refractivity contribution >= 4 is 11.6 Å². The minimum Gasteiger partial charge on any atom is -0.369 e. The Kier molecular flexibility index (Phi) is 5.19. The molecule has 0 bridgehead atoms. The smallest absolute Gasteiger partial charge is 0.267 e. The molecule has 1 N–H and O–H groups in total. The molecule has 1 aliphatic rings. The summed E-state index contributed by atoms with van der Waals surface area (Å²) in [6, 6.07) is 21.1. The molecule has 28 heavy (non-hydrogen) atoms. The van der Waals surface area contributed by atoms with E-state index < -0.39 is 0 Å². The van der Waals surface area contributed by atoms with Crippen LogP contribution in [-0.2, 0) is 17.8 Å². The Bertz CT molecular complexity index is 1030. The predicted molar refractivity (Wildman–Crippen MR) is 109 cm³/mol. The number of nitrogens with zero attached hydrogens (tertiary/aromatic N) is 3. The number of benzene rings is 2. The maximum absolute atomic E-state index is 12.3. The number of hydrogen-bond acceptors (Lipinski definition) is 4. The lowest BCUT2D eigenvalue weighted by Gasteiger charge is -2.19. The van der Waals surface area contributed by atoms with E-state index >= 15 is 0 Å². The Morgan fingerprint density at radius 1 is 1.00 bits per heavy atom. The predicted octanol–water partition coefficient (Wildman–Crippen LogP) is 2.09. The maximum Gasteiger partial charge on any atom is 0.267 e. The SMILES string of the molecule is O=C(Cn1nc(-c2ccccc2)ccc1=O)NCCN1CCc2ccccc21. The molecule has 0 saturated carbocycles. The molecule has 0 fully saturated rings. The van der Waals surface area contributed by atoms with E-state index in [9.17, 15) is 9.59 Å². The highest BCUT2D eigenvalue weighted by molar-refractivity contribution is 5.75. The molecule has 1 aliphatic heterocycles. The van der Waals surface area contributed by atoms with Crippen molar-refractivity contribution in [1.82, 2.24) is 15.1 Å². The Morgan fingerprint density at radius 3 is 2.64 bits per heavy atom. The zero-order valence-electron chi connectivity index (χ0n) is 15.5. The topological polar surface area (TPSA) is 67.2 Å². The van der Waals surface area contributed by atoms with Crippen molar-refractivity contribution < 1.29 is 4.79 Å². The van der Waals surface area contributed by atoms with Crippen LogP contribution in [0.1, 0.15) is 5.56 Å². The van der Waals surface area contributed by atoms with E-state index in [2.05, 4.69) is 33.5 Å². The van der Waals surface area contributed by atoms with Crippen molar-refractivity contribution in [2.75, 3.05) is 24.5 Å². The van der Waals surface area contributed by atoms with Gasteiger partial charge in [0, 0.05) is 37.0 Å². The van der Waals surface area contributed by atoms with Gasteiger partial charge >= 0.3 is 0 Å². The van der Waals surface area contributed by atoms with Gasteiger partial charge in [-0.3, -0.25) is 9.59 Å². The van der Waals surface area contributed by atoms with Crippen LogP contribution in [0, 0.1) is 0 Å². The number of hydrogen-bond donors (Lipinski definition) is 1. The van der Waals surface area contributed by atoms with Crippen molar-refractivity contribution in [3.05, 3.63) is 82.6 Å². The summed E-state index contributed by atoms with van der Waals surface area (Å²) in [7, 11) is 0. The van der Waals surface area contributed by atoms with Gasteiger partial charge in [0.05, 0.1) is 5.69 Å². The van der Waals surface area contributed by atoms with Gasteiger partial charge in [-0.25, -0.2) is 4.68 Å². The van der Waals surface area contributed by atoms with Gasteiger partial charge in [0.25, 0.3) is 5.56 Å². The first-order chi connectivity index (χ1) is 13.7. The normalized spacial score (nSPS) is 12.6. The lowest BCUT2D eigenvalue weighted by atomic mass is 10.1. The Hall–Kier alpha value is -3.41. The molecule has 6 nitrogen and oxygen atoms in total. The van der Waals surface area contributed by atoms with E-state index in [1.165, 1.54) is 22.0 Å². The first-order valence-electron chi connectivity index (χ1n) is 9.44. The van der Waals surface area contributed by atoms with E-state index in [-0.39, 0.29) is 18.0 Å². The van der Waals surface area contributed by atoms with Gasteiger partial charge in [0.1, 0.15) is 6.54 Å². The summed E-state index contributed by atoms with van der Waals surface area (Å²) < 4.78 is 1.21. The van der Waals surface area contributed by atoms with Gasteiger partial charge in [0.2, 0.25) is 5.91 Å². The van der Waals surface area contributed by atoms with Crippen LogP contribution in [0.4, 0.5) is 5.69 Å². The van der Waals surface area contributed by atoms with E-state index in [4.69, 9.17) is 0 Å². The van der Waals surface area contributed by atoms with Gasteiger partial charge in [-0.1, -0.05) is 48.5 Å². The molecule has 3 aromatic rings. The molecule has 6 heteroatoms. The summed E-state index contributed by atoms with van der Waals surface area (Å²) >= 11 is 0. The number of amides is 1. The molecular formula is C22H22N4O2. The van der Waals surface area contributed by atoms with E-state index in [1.807, 2.05) is 36.4 Å². The number of nitrogens with one attached hydrogen (secondary N) is 1. The second-order valence-corrected chi connectivity index (χ2v) is 6.80. The summed E-state index contributed by atoms with van der Waals surface area (Å²) in [5, 5.41) is 7.23. The minimum absolute atomic E-state index is 0.0872. The number of aromatic nitrogens is 2. The molecule has 0 saturated heterocycles. The maximum atomic E-state index is 12.3. The van der Waals surface area contributed by atoms with Crippen LogP contribution in [0.25, 0.3) is 11.3 Å². The second kappa shape index (κ2) is 8.08. The number of fused-ring (bicyclic) bond motifs is 1. The van der Waals surface area contributed by atoms with Crippen molar-refractivity contribution in [2.45, 2.75) is 13.0 Å². The number of rotatable bonds is 6. The van der Waals surface area contributed by atoms with Crippen LogP contribution in [0.15, 0.2) is 71.5 Å². The van der Waals surface area contributed by atoms with Crippen LogP contribution in [0.5, 0.6) is 0 Å². The molecule has 1 amide bonds. The van der Waals surface area contributed by atoms with Crippen LogP contribution in [0.2, 0.25) is 0 Å². The Labute approximate surface area is 163 Å². The van der Waals surface area contributed by atoms with Crippen LogP contribution < -0.4 is 15.8 Å². The van der Waals surface area contributed by atoms with E-state index in [0.29, 0.717) is 12.2 Å². The van der Waals surface area contributed by atoms with Gasteiger partial charge < -0.3 is 10.2 Å². The fourth-order valence-electron chi connectivity index (χ4n) is 3.49. The summed E-state index contributed by atoms with van der Waals surface area (Å²) in [4.78, 5) is 26.6. The summed E-state index contributed by atoms with van der Waals surface area (Å²) in [5.74, 6) is -0.215. The summed E-state index contributed by atoms with van der Waals surface area (Å²) in [5.41, 5.74) is 3.88. The first-order valence-corrected chi connectivity index (χ1v) is 9.44. The molecule has 0 spiro atoms. The average Bonchev–Trinajstić information content (AvgIpc) is 3.13. The number of para-hydroxylation sites is 1. The molecule has 2 aromatic carbocycles. The number of carbonyl (C=O) groups is 1. The molecule has 0 aliphatic carbocycles. The number of anilines is 1. The third-order valence-corrected chi connectivity index (χ3v) is 4.92. The molecule has 0 unspecified atom stereocenters. The van der Waals surface area contributed by atoms with Gasteiger partial charge in [-0.05, 0) is 24.1 Å². The highest BCUT2D eigenvalue weighted by Crippen LogP contribution is 2.26. The third-order valence-electron chi connectivity index (χ3n) is 4.92. The van der Waals surface area contributed by atoms with Crippen molar-refractivity contribution in [1.29, 1.82) is 0 Å². The highest BCUT2D eigenvalue weighted by atomic mass is 16.2. The molecule has 142 valence electrons. The molecular weight excluding hydrogens is 352 g/mol. The Balaban J connectivity index is 1.35. The molecule has 4 rings (SSSR count). The van der Waals surface area contributed by atoms with Crippen LogP contribution in [-0.4, -0.2) is 35.3 Å². The fraction of sp³-hybridized carbons (Fsp3) is 0.227. The molecule has 1 aromatic heterocycles. The highest BCUT2D eigenvalue weighted by Gasteiger charge is 2.17. The zero-order chi connectivity index (χ0) is 19.3. The van der Waals surface area contributed by atoms with Crippen molar-refractivity contribution in [3.63, 3.8) is 0 Å². The third kappa shape index (κ3) is 3.96. The van der Waals surface area contributed by atoms with E-state index in [0.717, 1.165) is 25.1 Å². The summed E-state index contributed by atoms with van der Waals surface area (Å²) in [6.45, 7) is 2.15. The fourth-order valence-corrected chi connectivity index (χ4v) is 3.49. The van der Waals surface area contributed by atoms with Crippen LogP contribution >= 0.6 is 0 Å². The van der Waals surface area contributed by atoms with Crippen LogP contribution in [0.3, 0.4) is 0 Å². The Morgan fingerprint density at radius 2 is 1.79 bits per heavy atom. The standard InChI is InChI=1S/C22H22N4O2/c27-21(23-13-15-25-14-12-18-8-4-5-9-20(18)25)16-26-22(28)11-10-19(24-26)17-6-2-1-3-7-17/h1-11H,12-16H2,(H,23,27). The quantitative estimate of drug-likeness (QED) is 0.717. The largest absolute Gasteiger partial charge is 0.369 e. The lowest BCUT2D eigenvalue weighted by Crippen LogP contribution is -2.38. The van der Waals surface area contributed by atoms with Gasteiger partial charge in [-0.2, -0.15) is 5.10 Å². The number of carbonyl (C=O) groups excluding carboxylic acids is 1. The van der Waals surface area contributed by atoms with Gasteiger partial charge in [-0.15, -0.1) is 0 Å². The molecule has 2 heterocycles. The van der Waals surface area contributed by atoms with Gasteiger partial charge in [0.15, 0.2) is 0 Å². The molecule has 0 radical (unpaired) electrons. The molecule has 0 atom stereocenters. The van der Waals surface area contributed by atoms with Crippen molar-refractivity contribution in [2.24, 2.45) is 0 Å². The first kappa shape index (κ1) is 18.0. The minimum atomic E-state index is -0.289. The van der Waals surface area contributed by atoms with E-state index in [1.54, 1.807) is 6.07 Å². The zero-order valence-corrected chi connectivity index (χ0v) is 15.5. The second-order valence-electron chi connectivity index (χ2n) is 6.80. The van der Waals surface area contributed by atoms with Crippen molar-refractivity contribution in [3.8, 4) is 11.3 Å². The monoisotopic (exact) mass is 374 g/mol.